The summed E-state index contributed by atoms with van der Waals surface area (Å²) in [6.45, 7) is 8.03. The number of aromatic nitrogens is 5. The van der Waals surface area contributed by atoms with Gasteiger partial charge in [0.15, 0.2) is 5.82 Å². The standard InChI is InChI=1S/C21H26N8O2/c1-15-7-16(9-17(8-15)27-3-5-28(6-4-27)18-11-31-12-18)25-21-24-14-29(26-21)19-10-20(30-2)23-13-22-19/h7-10,13-14,18H,3-6,11-12H2,1-2H3,(H,25,26). The van der Waals surface area contributed by atoms with Gasteiger partial charge in [0.1, 0.15) is 12.7 Å². The number of nitrogens with one attached hydrogen (secondary N) is 1. The van der Waals surface area contributed by atoms with E-state index in [0.717, 1.165) is 45.1 Å². The number of benzene rings is 1. The normalized spacial score (nSPS) is 17.4. The molecule has 10 nitrogen and oxygen atoms in total. The molecule has 3 aromatic rings. The number of aryl methyl sites for hydroxylation is 1. The third-order valence-electron chi connectivity index (χ3n) is 5.70. The molecule has 2 saturated heterocycles. The molecule has 0 radical (unpaired) electrons. The van der Waals surface area contributed by atoms with Gasteiger partial charge in [-0.15, -0.1) is 5.10 Å². The van der Waals surface area contributed by atoms with Crippen molar-refractivity contribution in [2.45, 2.75) is 13.0 Å². The fourth-order valence-electron chi connectivity index (χ4n) is 3.92. The Labute approximate surface area is 180 Å². The number of rotatable bonds is 6. The summed E-state index contributed by atoms with van der Waals surface area (Å²) in [5.74, 6) is 1.57. The highest BCUT2D eigenvalue weighted by molar-refractivity contribution is 5.64. The van der Waals surface area contributed by atoms with Gasteiger partial charge in [0.2, 0.25) is 11.8 Å². The summed E-state index contributed by atoms with van der Waals surface area (Å²) >= 11 is 0. The van der Waals surface area contributed by atoms with E-state index in [2.05, 4.69) is 60.3 Å². The van der Waals surface area contributed by atoms with Crippen LogP contribution < -0.4 is 15.0 Å². The Morgan fingerprint density at radius 2 is 1.87 bits per heavy atom. The van der Waals surface area contributed by atoms with Crippen molar-refractivity contribution in [2.75, 3.05) is 56.7 Å². The average molecular weight is 422 g/mol. The van der Waals surface area contributed by atoms with Crippen LogP contribution in [0.4, 0.5) is 17.3 Å². The largest absolute Gasteiger partial charge is 0.481 e. The molecule has 0 atom stereocenters. The van der Waals surface area contributed by atoms with Crippen LogP contribution in [-0.4, -0.2) is 82.2 Å². The molecule has 10 heteroatoms. The van der Waals surface area contributed by atoms with Gasteiger partial charge in [-0.3, -0.25) is 4.90 Å². The topological polar surface area (TPSA) is 93.5 Å². The molecule has 0 spiro atoms. The Bertz CT molecular complexity index is 1040. The van der Waals surface area contributed by atoms with Crippen molar-refractivity contribution in [1.29, 1.82) is 0 Å². The van der Waals surface area contributed by atoms with Crippen LogP contribution in [0, 0.1) is 6.92 Å². The molecule has 0 saturated carbocycles. The number of piperazine rings is 1. The molecule has 1 N–H and O–H groups in total. The molecule has 0 aliphatic carbocycles. The maximum absolute atomic E-state index is 5.34. The predicted octanol–water partition coefficient (Wildman–Crippen LogP) is 1.64. The van der Waals surface area contributed by atoms with Gasteiger partial charge in [0, 0.05) is 43.6 Å². The molecule has 2 aliphatic rings. The third-order valence-corrected chi connectivity index (χ3v) is 5.70. The number of anilines is 3. The number of nitrogens with zero attached hydrogens (tertiary/aromatic N) is 7. The zero-order valence-electron chi connectivity index (χ0n) is 17.7. The Morgan fingerprint density at radius 1 is 1.03 bits per heavy atom. The second kappa shape index (κ2) is 8.48. The fraction of sp³-hybridized carbons (Fsp3) is 0.429. The predicted molar refractivity (Wildman–Crippen MR) is 116 cm³/mol. The minimum atomic E-state index is 0.475. The van der Waals surface area contributed by atoms with Gasteiger partial charge in [0.25, 0.3) is 0 Å². The second-order valence-corrected chi connectivity index (χ2v) is 7.83. The summed E-state index contributed by atoms with van der Waals surface area (Å²) in [6.07, 6.45) is 3.05. The van der Waals surface area contributed by atoms with Crippen LogP contribution in [-0.2, 0) is 4.74 Å². The Morgan fingerprint density at radius 3 is 2.61 bits per heavy atom. The molecule has 0 unspecified atom stereocenters. The maximum atomic E-state index is 5.34. The summed E-state index contributed by atoms with van der Waals surface area (Å²) in [4.78, 5) is 17.6. The molecule has 5 rings (SSSR count). The summed E-state index contributed by atoms with van der Waals surface area (Å²) in [7, 11) is 1.57. The van der Waals surface area contributed by atoms with Crippen molar-refractivity contribution >= 4 is 17.3 Å². The molecule has 31 heavy (non-hydrogen) atoms. The Hall–Kier alpha value is -3.24. The van der Waals surface area contributed by atoms with Gasteiger partial charge in [-0.1, -0.05) is 0 Å². The SMILES string of the molecule is COc1cc(-n2cnc(Nc3cc(C)cc(N4CCN(C5COC5)CC4)c3)n2)ncn1. The molecule has 1 aromatic carbocycles. The summed E-state index contributed by atoms with van der Waals surface area (Å²) in [6, 6.07) is 8.79. The van der Waals surface area contributed by atoms with E-state index >= 15 is 0 Å². The van der Waals surface area contributed by atoms with E-state index in [1.54, 1.807) is 24.2 Å². The first-order valence-electron chi connectivity index (χ1n) is 10.4. The van der Waals surface area contributed by atoms with E-state index in [4.69, 9.17) is 9.47 Å². The fourth-order valence-corrected chi connectivity index (χ4v) is 3.92. The molecule has 4 heterocycles. The maximum Gasteiger partial charge on any atom is 0.247 e. The zero-order valence-corrected chi connectivity index (χ0v) is 17.7. The highest BCUT2D eigenvalue weighted by Gasteiger charge is 2.29. The van der Waals surface area contributed by atoms with E-state index in [9.17, 15) is 0 Å². The number of hydrogen-bond donors (Lipinski definition) is 1. The number of methoxy groups -OCH3 is 1. The monoisotopic (exact) mass is 422 g/mol. The van der Waals surface area contributed by atoms with Crippen molar-refractivity contribution < 1.29 is 9.47 Å². The van der Waals surface area contributed by atoms with E-state index < -0.39 is 0 Å². The van der Waals surface area contributed by atoms with Crippen molar-refractivity contribution in [2.24, 2.45) is 0 Å². The lowest BCUT2D eigenvalue weighted by molar-refractivity contribution is -0.0660. The first-order chi connectivity index (χ1) is 15.2. The summed E-state index contributed by atoms with van der Waals surface area (Å²) < 4.78 is 12.1. The first kappa shape index (κ1) is 19.7. The Balaban J connectivity index is 1.28. The summed E-state index contributed by atoms with van der Waals surface area (Å²) in [5, 5.41) is 7.80. The Kier molecular flexibility index (Phi) is 5.39. The number of hydrogen-bond acceptors (Lipinski definition) is 9. The van der Waals surface area contributed by atoms with E-state index in [-0.39, 0.29) is 0 Å². The van der Waals surface area contributed by atoms with Crippen molar-refractivity contribution in [3.8, 4) is 11.7 Å². The van der Waals surface area contributed by atoms with Gasteiger partial charge in [-0.25, -0.2) is 14.6 Å². The molecule has 2 fully saturated rings. The molecule has 0 amide bonds. The van der Waals surface area contributed by atoms with Crippen LogP contribution in [0.1, 0.15) is 5.56 Å². The van der Waals surface area contributed by atoms with Crippen LogP contribution in [0.15, 0.2) is 36.9 Å². The van der Waals surface area contributed by atoms with Gasteiger partial charge in [-0.05, 0) is 30.7 Å². The van der Waals surface area contributed by atoms with Crippen LogP contribution in [0.2, 0.25) is 0 Å². The van der Waals surface area contributed by atoms with Crippen LogP contribution >= 0.6 is 0 Å². The molecule has 2 aliphatic heterocycles. The molecular weight excluding hydrogens is 396 g/mol. The van der Waals surface area contributed by atoms with E-state index in [0.29, 0.717) is 23.7 Å². The minimum Gasteiger partial charge on any atom is -0.481 e. The van der Waals surface area contributed by atoms with Gasteiger partial charge >= 0.3 is 0 Å². The van der Waals surface area contributed by atoms with Gasteiger partial charge < -0.3 is 19.7 Å². The third kappa shape index (κ3) is 4.30. The van der Waals surface area contributed by atoms with Crippen molar-refractivity contribution in [3.05, 3.63) is 42.5 Å². The lowest BCUT2D eigenvalue weighted by atomic mass is 10.1. The molecule has 162 valence electrons. The minimum absolute atomic E-state index is 0.475. The quantitative estimate of drug-likeness (QED) is 0.636. The molecular formula is C21H26N8O2. The first-order valence-corrected chi connectivity index (χ1v) is 10.4. The zero-order chi connectivity index (χ0) is 21.2. The highest BCUT2D eigenvalue weighted by Crippen LogP contribution is 2.26. The van der Waals surface area contributed by atoms with E-state index in [1.807, 2.05) is 0 Å². The lowest BCUT2D eigenvalue weighted by Gasteiger charge is -2.43. The van der Waals surface area contributed by atoms with Crippen LogP contribution in [0.5, 0.6) is 5.88 Å². The van der Waals surface area contributed by atoms with Gasteiger partial charge in [0.05, 0.1) is 26.4 Å². The van der Waals surface area contributed by atoms with Crippen LogP contribution in [0.25, 0.3) is 5.82 Å². The second-order valence-electron chi connectivity index (χ2n) is 7.83. The number of ether oxygens (including phenoxy) is 2. The summed E-state index contributed by atoms with van der Waals surface area (Å²) in [5.41, 5.74) is 3.37. The smallest absolute Gasteiger partial charge is 0.247 e. The highest BCUT2D eigenvalue weighted by atomic mass is 16.5. The van der Waals surface area contributed by atoms with Crippen molar-refractivity contribution in [3.63, 3.8) is 0 Å². The lowest BCUT2D eigenvalue weighted by Crippen LogP contribution is -2.56. The van der Waals surface area contributed by atoms with E-state index in [1.165, 1.54) is 17.6 Å². The average Bonchev–Trinajstić information content (AvgIpc) is 3.21. The van der Waals surface area contributed by atoms with Crippen LogP contribution in [0.3, 0.4) is 0 Å². The van der Waals surface area contributed by atoms with Gasteiger partial charge in [-0.2, -0.15) is 4.98 Å². The van der Waals surface area contributed by atoms with Crippen molar-refractivity contribution in [1.82, 2.24) is 29.6 Å². The molecule has 0 bridgehead atoms. The molecule has 2 aromatic heterocycles.